The van der Waals surface area contributed by atoms with Crippen molar-refractivity contribution < 1.29 is 5.11 Å². The molecule has 1 aromatic heterocycles. The standard InChI is InChI=1S/C8H14N2O/c1-6-7(10-5-9-6)8(2,3)4-11/h5,11H,4H2,1-3H3,(H,9,10). The van der Waals surface area contributed by atoms with Gasteiger partial charge in [0.1, 0.15) is 0 Å². The summed E-state index contributed by atoms with van der Waals surface area (Å²) in [6, 6.07) is 0. The second-order valence-electron chi connectivity index (χ2n) is 3.42. The van der Waals surface area contributed by atoms with Crippen LogP contribution in [-0.4, -0.2) is 21.7 Å². The second-order valence-corrected chi connectivity index (χ2v) is 3.42. The Bertz CT molecular complexity index is 240. The predicted molar refractivity (Wildman–Crippen MR) is 43.4 cm³/mol. The molecule has 0 fully saturated rings. The van der Waals surface area contributed by atoms with E-state index in [0.717, 1.165) is 11.4 Å². The molecule has 0 unspecified atom stereocenters. The van der Waals surface area contributed by atoms with Crippen molar-refractivity contribution in [1.29, 1.82) is 0 Å². The van der Waals surface area contributed by atoms with Crippen LogP contribution in [0, 0.1) is 6.92 Å². The molecule has 3 heteroatoms. The molecule has 2 N–H and O–H groups in total. The van der Waals surface area contributed by atoms with Crippen molar-refractivity contribution in [3.8, 4) is 0 Å². The quantitative estimate of drug-likeness (QED) is 0.667. The van der Waals surface area contributed by atoms with Gasteiger partial charge in [-0.3, -0.25) is 0 Å². The first-order valence-electron chi connectivity index (χ1n) is 3.69. The highest BCUT2D eigenvalue weighted by atomic mass is 16.3. The topological polar surface area (TPSA) is 48.9 Å². The fraction of sp³-hybridized carbons (Fsp3) is 0.625. The first-order chi connectivity index (χ1) is 5.08. The van der Waals surface area contributed by atoms with Gasteiger partial charge in [0.15, 0.2) is 0 Å². The van der Waals surface area contributed by atoms with Crippen molar-refractivity contribution in [3.63, 3.8) is 0 Å². The summed E-state index contributed by atoms with van der Waals surface area (Å²) in [5.74, 6) is 0. The van der Waals surface area contributed by atoms with Crippen molar-refractivity contribution in [2.75, 3.05) is 6.61 Å². The zero-order valence-electron chi connectivity index (χ0n) is 7.18. The maximum Gasteiger partial charge on any atom is 0.0925 e. The van der Waals surface area contributed by atoms with Crippen molar-refractivity contribution in [1.82, 2.24) is 9.97 Å². The molecule has 0 amide bonds. The van der Waals surface area contributed by atoms with Gasteiger partial charge in [0.2, 0.25) is 0 Å². The molecule has 0 aliphatic rings. The average Bonchev–Trinajstić information content (AvgIpc) is 2.36. The summed E-state index contributed by atoms with van der Waals surface area (Å²) in [6.07, 6.45) is 1.65. The number of imidazole rings is 1. The van der Waals surface area contributed by atoms with Gasteiger partial charge >= 0.3 is 0 Å². The van der Waals surface area contributed by atoms with E-state index in [1.807, 2.05) is 20.8 Å². The Hall–Kier alpha value is -0.830. The first kappa shape index (κ1) is 8.27. The van der Waals surface area contributed by atoms with Gasteiger partial charge in [-0.1, -0.05) is 13.8 Å². The van der Waals surface area contributed by atoms with Crippen molar-refractivity contribution in [2.24, 2.45) is 0 Å². The van der Waals surface area contributed by atoms with Gasteiger partial charge in [-0.15, -0.1) is 0 Å². The number of rotatable bonds is 2. The number of aliphatic hydroxyl groups is 1. The van der Waals surface area contributed by atoms with Crippen LogP contribution in [0.1, 0.15) is 25.2 Å². The molecule has 1 aromatic rings. The summed E-state index contributed by atoms with van der Waals surface area (Å²) in [5.41, 5.74) is 1.74. The molecule has 62 valence electrons. The number of aromatic amines is 1. The summed E-state index contributed by atoms with van der Waals surface area (Å²) >= 11 is 0. The molecular weight excluding hydrogens is 140 g/mol. The van der Waals surface area contributed by atoms with Crippen molar-refractivity contribution >= 4 is 0 Å². The summed E-state index contributed by atoms with van der Waals surface area (Å²) in [7, 11) is 0. The van der Waals surface area contributed by atoms with Crippen LogP contribution in [0.2, 0.25) is 0 Å². The summed E-state index contributed by atoms with van der Waals surface area (Å²) < 4.78 is 0. The maximum absolute atomic E-state index is 9.04. The molecule has 11 heavy (non-hydrogen) atoms. The van der Waals surface area contributed by atoms with Crippen LogP contribution >= 0.6 is 0 Å². The van der Waals surface area contributed by atoms with Crippen molar-refractivity contribution in [2.45, 2.75) is 26.2 Å². The lowest BCUT2D eigenvalue weighted by Crippen LogP contribution is -2.23. The molecule has 0 aliphatic heterocycles. The van der Waals surface area contributed by atoms with Gasteiger partial charge in [-0.05, 0) is 6.92 Å². The molecule has 0 saturated heterocycles. The van der Waals surface area contributed by atoms with Crippen LogP contribution in [-0.2, 0) is 5.41 Å². The minimum atomic E-state index is -0.232. The van der Waals surface area contributed by atoms with Gasteiger partial charge in [-0.2, -0.15) is 0 Å². The lowest BCUT2D eigenvalue weighted by atomic mass is 9.89. The van der Waals surface area contributed by atoms with Gasteiger partial charge < -0.3 is 10.1 Å². The first-order valence-corrected chi connectivity index (χ1v) is 3.69. The number of nitrogens with zero attached hydrogens (tertiary/aromatic N) is 1. The van der Waals surface area contributed by atoms with E-state index in [4.69, 9.17) is 5.11 Å². The van der Waals surface area contributed by atoms with E-state index in [2.05, 4.69) is 9.97 Å². The fourth-order valence-corrected chi connectivity index (χ4v) is 1.12. The van der Waals surface area contributed by atoms with E-state index in [9.17, 15) is 0 Å². The molecule has 1 heterocycles. The van der Waals surface area contributed by atoms with E-state index in [-0.39, 0.29) is 12.0 Å². The predicted octanol–water partition coefficient (Wildman–Crippen LogP) is 0.988. The lowest BCUT2D eigenvalue weighted by Gasteiger charge is -2.19. The molecule has 0 aromatic carbocycles. The number of aromatic nitrogens is 2. The number of nitrogens with one attached hydrogen (secondary N) is 1. The molecule has 0 aliphatic carbocycles. The monoisotopic (exact) mass is 154 g/mol. The summed E-state index contributed by atoms with van der Waals surface area (Å²) in [4.78, 5) is 7.13. The normalized spacial score (nSPS) is 12.0. The fourth-order valence-electron chi connectivity index (χ4n) is 1.12. The Morgan fingerprint density at radius 3 is 2.64 bits per heavy atom. The van der Waals surface area contributed by atoms with Crippen LogP contribution in [0.4, 0.5) is 0 Å². The van der Waals surface area contributed by atoms with Gasteiger partial charge in [0.25, 0.3) is 0 Å². The molecule has 0 atom stereocenters. The summed E-state index contributed by atoms with van der Waals surface area (Å²) in [5, 5.41) is 9.04. The lowest BCUT2D eigenvalue weighted by molar-refractivity contribution is 0.215. The molecule has 0 spiro atoms. The third-order valence-corrected chi connectivity index (χ3v) is 1.87. The number of hydrogen-bond acceptors (Lipinski definition) is 2. The minimum absolute atomic E-state index is 0.124. The smallest absolute Gasteiger partial charge is 0.0925 e. The largest absolute Gasteiger partial charge is 0.395 e. The van der Waals surface area contributed by atoms with Crippen LogP contribution in [0.15, 0.2) is 6.33 Å². The van der Waals surface area contributed by atoms with Crippen LogP contribution < -0.4 is 0 Å². The van der Waals surface area contributed by atoms with Crippen LogP contribution in [0.5, 0.6) is 0 Å². The highest BCUT2D eigenvalue weighted by Crippen LogP contribution is 2.21. The minimum Gasteiger partial charge on any atom is -0.395 e. The highest BCUT2D eigenvalue weighted by Gasteiger charge is 2.23. The average molecular weight is 154 g/mol. The highest BCUT2D eigenvalue weighted by molar-refractivity contribution is 5.18. The van der Waals surface area contributed by atoms with Crippen LogP contribution in [0.3, 0.4) is 0 Å². The molecule has 0 radical (unpaired) electrons. The SMILES string of the molecule is Cc1[nH]cnc1C(C)(C)CO. The molecule has 3 nitrogen and oxygen atoms in total. The molecule has 0 bridgehead atoms. The van der Waals surface area contributed by atoms with E-state index in [1.165, 1.54) is 0 Å². The summed E-state index contributed by atoms with van der Waals surface area (Å²) in [6.45, 7) is 6.02. The Balaban J connectivity index is 3.00. The van der Waals surface area contributed by atoms with Gasteiger partial charge in [-0.25, -0.2) is 4.98 Å². The third-order valence-electron chi connectivity index (χ3n) is 1.87. The molecule has 0 saturated carbocycles. The third kappa shape index (κ3) is 1.43. The van der Waals surface area contributed by atoms with Crippen LogP contribution in [0.25, 0.3) is 0 Å². The Morgan fingerprint density at radius 2 is 2.27 bits per heavy atom. The number of aryl methyl sites for hydroxylation is 1. The Kier molecular flexibility index (Phi) is 2.00. The number of aliphatic hydroxyl groups excluding tert-OH is 1. The van der Waals surface area contributed by atoms with E-state index in [1.54, 1.807) is 6.33 Å². The molecular formula is C8H14N2O. The second kappa shape index (κ2) is 2.66. The Morgan fingerprint density at radius 1 is 1.64 bits per heavy atom. The van der Waals surface area contributed by atoms with E-state index < -0.39 is 0 Å². The zero-order chi connectivity index (χ0) is 8.48. The van der Waals surface area contributed by atoms with Crippen molar-refractivity contribution in [3.05, 3.63) is 17.7 Å². The molecule has 1 rings (SSSR count). The number of H-pyrrole nitrogens is 1. The Labute approximate surface area is 66.5 Å². The maximum atomic E-state index is 9.04. The zero-order valence-corrected chi connectivity index (χ0v) is 7.18. The van der Waals surface area contributed by atoms with E-state index >= 15 is 0 Å². The van der Waals surface area contributed by atoms with E-state index in [0.29, 0.717) is 0 Å². The number of hydrogen-bond donors (Lipinski definition) is 2. The van der Waals surface area contributed by atoms with Gasteiger partial charge in [0.05, 0.1) is 18.6 Å². The van der Waals surface area contributed by atoms with Gasteiger partial charge in [0, 0.05) is 11.1 Å².